The van der Waals surface area contributed by atoms with Crippen LogP contribution in [0.3, 0.4) is 0 Å². The van der Waals surface area contributed by atoms with Gasteiger partial charge in [0.05, 0.1) is 0 Å². The number of terminal acetylenes is 1. The normalized spacial score (nSPS) is 11.0. The lowest BCUT2D eigenvalue weighted by Crippen LogP contribution is -1.91. The molecule has 0 saturated carbocycles. The quantitative estimate of drug-likeness (QED) is 0.540. The molecular weight excluding hydrogens is 132 g/mol. The van der Waals surface area contributed by atoms with Crippen molar-refractivity contribution in [2.75, 3.05) is 0 Å². The van der Waals surface area contributed by atoms with Crippen LogP contribution in [0, 0.1) is 30.1 Å². The van der Waals surface area contributed by atoms with Crippen molar-refractivity contribution >= 4 is 0 Å². The van der Waals surface area contributed by atoms with Crippen LogP contribution < -0.4 is 0 Å². The van der Waals surface area contributed by atoms with E-state index in [1.54, 1.807) is 0 Å². The molecule has 0 aliphatic rings. The highest BCUT2D eigenvalue weighted by atomic mass is 14.0. The van der Waals surface area contributed by atoms with Crippen molar-refractivity contribution in [1.29, 1.82) is 0 Å². The third-order valence-corrected chi connectivity index (χ3v) is 1.54. The standard InChI is InChI=1S/C11H16/c1-4-7-8-10-11(6-3)9-5-2/h2,11H,4,6-7,9H2,1,3H3. The Labute approximate surface area is 70.4 Å². The second-order valence-corrected chi connectivity index (χ2v) is 2.58. The van der Waals surface area contributed by atoms with E-state index in [4.69, 9.17) is 6.42 Å². The fourth-order valence-corrected chi connectivity index (χ4v) is 0.781. The average Bonchev–Trinajstić information content (AvgIpc) is 2.03. The van der Waals surface area contributed by atoms with Gasteiger partial charge in [0.1, 0.15) is 0 Å². The van der Waals surface area contributed by atoms with E-state index in [-0.39, 0.29) is 0 Å². The third-order valence-electron chi connectivity index (χ3n) is 1.54. The summed E-state index contributed by atoms with van der Waals surface area (Å²) in [7, 11) is 0. The summed E-state index contributed by atoms with van der Waals surface area (Å²) in [6.07, 6.45) is 9.20. The summed E-state index contributed by atoms with van der Waals surface area (Å²) in [4.78, 5) is 0. The minimum atomic E-state index is 0.423. The molecule has 0 aliphatic heterocycles. The Morgan fingerprint density at radius 1 is 1.36 bits per heavy atom. The molecule has 0 N–H and O–H groups in total. The maximum Gasteiger partial charge on any atom is 0.0309 e. The number of hydrogen-bond donors (Lipinski definition) is 0. The van der Waals surface area contributed by atoms with Crippen molar-refractivity contribution in [2.45, 2.75) is 39.5 Å². The van der Waals surface area contributed by atoms with Crippen LogP contribution in [0.5, 0.6) is 0 Å². The van der Waals surface area contributed by atoms with E-state index in [9.17, 15) is 0 Å². The fraction of sp³-hybridized carbons (Fsp3) is 0.636. The molecule has 0 radical (unpaired) electrons. The van der Waals surface area contributed by atoms with Gasteiger partial charge in [0.15, 0.2) is 0 Å². The highest BCUT2D eigenvalue weighted by molar-refractivity contribution is 5.06. The molecule has 1 unspecified atom stereocenters. The molecule has 0 saturated heterocycles. The third kappa shape index (κ3) is 5.56. The van der Waals surface area contributed by atoms with Gasteiger partial charge in [-0.1, -0.05) is 19.8 Å². The molecule has 11 heavy (non-hydrogen) atoms. The van der Waals surface area contributed by atoms with E-state index < -0.39 is 0 Å². The van der Waals surface area contributed by atoms with Crippen LogP contribution in [0.4, 0.5) is 0 Å². The Hall–Kier alpha value is -0.880. The fourth-order valence-electron chi connectivity index (χ4n) is 0.781. The second kappa shape index (κ2) is 7.23. The molecule has 0 nitrogen and oxygen atoms in total. The van der Waals surface area contributed by atoms with Gasteiger partial charge < -0.3 is 0 Å². The number of rotatable bonds is 3. The van der Waals surface area contributed by atoms with Crippen LogP contribution >= 0.6 is 0 Å². The van der Waals surface area contributed by atoms with Crippen molar-refractivity contribution in [1.82, 2.24) is 0 Å². The molecule has 0 fully saturated rings. The van der Waals surface area contributed by atoms with Crippen molar-refractivity contribution in [3.05, 3.63) is 0 Å². The highest BCUT2D eigenvalue weighted by Crippen LogP contribution is 2.04. The van der Waals surface area contributed by atoms with Gasteiger partial charge >= 0.3 is 0 Å². The summed E-state index contributed by atoms with van der Waals surface area (Å²) in [6, 6.07) is 0. The molecule has 0 amide bonds. The molecule has 0 aliphatic carbocycles. The zero-order valence-electron chi connectivity index (χ0n) is 7.48. The van der Waals surface area contributed by atoms with Crippen LogP contribution in [0.25, 0.3) is 0 Å². The molecule has 60 valence electrons. The molecule has 0 bridgehead atoms. The van der Waals surface area contributed by atoms with Gasteiger partial charge in [-0.15, -0.1) is 18.3 Å². The van der Waals surface area contributed by atoms with Crippen LogP contribution in [0.2, 0.25) is 0 Å². The molecule has 0 heterocycles. The largest absolute Gasteiger partial charge is 0.120 e. The van der Waals surface area contributed by atoms with E-state index in [0.29, 0.717) is 5.92 Å². The van der Waals surface area contributed by atoms with Gasteiger partial charge in [-0.25, -0.2) is 0 Å². The Bertz CT molecular complexity index is 172. The predicted octanol–water partition coefficient (Wildman–Crippen LogP) is 2.84. The molecule has 0 heteroatoms. The minimum Gasteiger partial charge on any atom is -0.120 e. The molecule has 1 atom stereocenters. The summed E-state index contributed by atoms with van der Waals surface area (Å²) < 4.78 is 0. The smallest absolute Gasteiger partial charge is 0.0309 e. The summed E-state index contributed by atoms with van der Waals surface area (Å²) in [6.45, 7) is 4.26. The monoisotopic (exact) mass is 148 g/mol. The summed E-state index contributed by atoms with van der Waals surface area (Å²) in [5.41, 5.74) is 0. The van der Waals surface area contributed by atoms with Crippen molar-refractivity contribution < 1.29 is 0 Å². The lowest BCUT2D eigenvalue weighted by Gasteiger charge is -1.99. The molecular formula is C11H16. The number of hydrogen-bond acceptors (Lipinski definition) is 0. The van der Waals surface area contributed by atoms with E-state index in [0.717, 1.165) is 25.7 Å². The Balaban J connectivity index is 3.71. The van der Waals surface area contributed by atoms with Gasteiger partial charge in [0.2, 0.25) is 0 Å². The lowest BCUT2D eigenvalue weighted by molar-refractivity contribution is 0.671. The second-order valence-electron chi connectivity index (χ2n) is 2.58. The minimum absolute atomic E-state index is 0.423. The Morgan fingerprint density at radius 3 is 2.55 bits per heavy atom. The van der Waals surface area contributed by atoms with E-state index in [2.05, 4.69) is 31.6 Å². The summed E-state index contributed by atoms with van der Waals surface area (Å²) >= 11 is 0. The van der Waals surface area contributed by atoms with Crippen LogP contribution in [0.15, 0.2) is 0 Å². The summed E-state index contributed by atoms with van der Waals surface area (Å²) in [5, 5.41) is 0. The van der Waals surface area contributed by atoms with Gasteiger partial charge in [-0.3, -0.25) is 0 Å². The van der Waals surface area contributed by atoms with Crippen molar-refractivity contribution in [3.8, 4) is 24.2 Å². The Kier molecular flexibility index (Phi) is 6.65. The molecule has 0 aromatic carbocycles. The first-order chi connectivity index (χ1) is 5.35. The molecule has 0 rings (SSSR count). The molecule has 0 spiro atoms. The van der Waals surface area contributed by atoms with Crippen LogP contribution in [-0.4, -0.2) is 0 Å². The first-order valence-electron chi connectivity index (χ1n) is 4.27. The SMILES string of the molecule is C#CCC(C#CCCC)CC. The van der Waals surface area contributed by atoms with E-state index >= 15 is 0 Å². The van der Waals surface area contributed by atoms with Crippen molar-refractivity contribution in [3.63, 3.8) is 0 Å². The Morgan fingerprint density at radius 2 is 2.09 bits per heavy atom. The van der Waals surface area contributed by atoms with Crippen LogP contribution in [0.1, 0.15) is 39.5 Å². The van der Waals surface area contributed by atoms with E-state index in [1.807, 2.05) is 0 Å². The van der Waals surface area contributed by atoms with Gasteiger partial charge in [0.25, 0.3) is 0 Å². The topological polar surface area (TPSA) is 0 Å². The van der Waals surface area contributed by atoms with Gasteiger partial charge in [-0.2, -0.15) is 0 Å². The zero-order valence-corrected chi connectivity index (χ0v) is 7.48. The average molecular weight is 148 g/mol. The molecule has 0 aromatic rings. The van der Waals surface area contributed by atoms with E-state index in [1.165, 1.54) is 0 Å². The summed E-state index contributed by atoms with van der Waals surface area (Å²) in [5.74, 6) is 9.37. The maximum absolute atomic E-state index is 5.19. The highest BCUT2D eigenvalue weighted by Gasteiger charge is 1.96. The van der Waals surface area contributed by atoms with Crippen molar-refractivity contribution in [2.24, 2.45) is 5.92 Å². The predicted molar refractivity (Wildman–Crippen MR) is 49.9 cm³/mol. The lowest BCUT2D eigenvalue weighted by atomic mass is 10.0. The first kappa shape index (κ1) is 10.1. The maximum atomic E-state index is 5.19. The number of unbranched alkanes of at least 4 members (excludes halogenated alkanes) is 1. The zero-order chi connectivity index (χ0) is 8.53. The van der Waals surface area contributed by atoms with Gasteiger partial charge in [-0.05, 0) is 12.8 Å². The van der Waals surface area contributed by atoms with Gasteiger partial charge in [0, 0.05) is 18.8 Å². The molecule has 0 aromatic heterocycles. The first-order valence-corrected chi connectivity index (χ1v) is 4.27. The van der Waals surface area contributed by atoms with Crippen LogP contribution in [-0.2, 0) is 0 Å².